The second kappa shape index (κ2) is 7.02. The number of carbonyl (C=O) groups is 1. The number of ether oxygens (including phenoxy) is 1. The summed E-state index contributed by atoms with van der Waals surface area (Å²) in [6.45, 7) is 1.64. The van der Waals surface area contributed by atoms with Gasteiger partial charge in [0.1, 0.15) is 5.75 Å². The lowest BCUT2D eigenvalue weighted by atomic mass is 10.1. The van der Waals surface area contributed by atoms with Gasteiger partial charge in [-0.05, 0) is 11.1 Å². The summed E-state index contributed by atoms with van der Waals surface area (Å²) in [6, 6.07) is 6.72. The molecule has 1 heterocycles. The molecule has 0 spiro atoms. The number of aliphatic hydroxyl groups is 1. The minimum Gasteiger partial charge on any atom is -0.392 e. The zero-order valence-corrected chi connectivity index (χ0v) is 12.5. The maximum absolute atomic E-state index is 12.1. The molecule has 1 aliphatic heterocycles. The molecular weight excluding hydrogens is 294 g/mol. The Balaban J connectivity index is 1.99. The van der Waals surface area contributed by atoms with E-state index in [0.29, 0.717) is 37.4 Å². The van der Waals surface area contributed by atoms with Crippen molar-refractivity contribution in [3.8, 4) is 0 Å². The topological polar surface area (TPSA) is 83.9 Å². The smallest absolute Gasteiger partial charge is 0.237 e. The Morgan fingerprint density at radius 3 is 2.57 bits per heavy atom. The number of sulfone groups is 1. The minimum absolute atomic E-state index is 0.138. The van der Waals surface area contributed by atoms with Crippen molar-refractivity contribution in [1.82, 2.24) is 4.90 Å². The molecule has 2 rings (SSSR count). The third kappa shape index (κ3) is 4.80. The van der Waals surface area contributed by atoms with Gasteiger partial charge in [0.2, 0.25) is 5.91 Å². The minimum atomic E-state index is -3.52. The zero-order chi connectivity index (χ0) is 15.3. The largest absolute Gasteiger partial charge is 0.392 e. The van der Waals surface area contributed by atoms with Gasteiger partial charge in [-0.15, -0.1) is 0 Å². The third-order valence-electron chi connectivity index (χ3n) is 3.27. The van der Waals surface area contributed by atoms with Gasteiger partial charge in [0, 0.05) is 13.1 Å². The Kier molecular flexibility index (Phi) is 5.33. The van der Waals surface area contributed by atoms with Crippen molar-refractivity contribution in [1.29, 1.82) is 0 Å². The molecule has 0 unspecified atom stereocenters. The molecular formula is C14H19NO5S. The van der Waals surface area contributed by atoms with E-state index in [1.54, 1.807) is 24.3 Å². The Morgan fingerprint density at radius 2 is 1.90 bits per heavy atom. The lowest BCUT2D eigenvalue weighted by Crippen LogP contribution is -2.43. The van der Waals surface area contributed by atoms with Crippen LogP contribution in [0, 0.1) is 0 Å². The molecule has 1 aliphatic rings. The lowest BCUT2D eigenvalue weighted by Gasteiger charge is -2.26. The van der Waals surface area contributed by atoms with E-state index in [2.05, 4.69) is 0 Å². The first-order valence-corrected chi connectivity index (χ1v) is 8.57. The SMILES string of the molecule is O=C(CS(=O)(=O)Cc1cccc(CO)c1)N1CCOCC1. The molecule has 0 aromatic heterocycles. The van der Waals surface area contributed by atoms with Crippen LogP contribution in [0.5, 0.6) is 0 Å². The van der Waals surface area contributed by atoms with E-state index in [0.717, 1.165) is 0 Å². The van der Waals surface area contributed by atoms with Crippen molar-refractivity contribution in [2.24, 2.45) is 0 Å². The summed E-state index contributed by atoms with van der Waals surface area (Å²) < 4.78 is 29.4. The molecule has 1 saturated heterocycles. The average Bonchev–Trinajstić information content (AvgIpc) is 2.47. The number of hydrogen-bond acceptors (Lipinski definition) is 5. The van der Waals surface area contributed by atoms with Gasteiger partial charge in [-0.3, -0.25) is 4.79 Å². The maximum atomic E-state index is 12.1. The molecule has 0 bridgehead atoms. The molecule has 116 valence electrons. The molecule has 0 aliphatic carbocycles. The third-order valence-corrected chi connectivity index (χ3v) is 4.73. The van der Waals surface area contributed by atoms with Gasteiger partial charge < -0.3 is 14.7 Å². The van der Waals surface area contributed by atoms with Crippen LogP contribution in [0.4, 0.5) is 0 Å². The fraction of sp³-hybridized carbons (Fsp3) is 0.500. The number of rotatable bonds is 5. The number of aliphatic hydroxyl groups excluding tert-OH is 1. The van der Waals surface area contributed by atoms with Crippen LogP contribution < -0.4 is 0 Å². The Hall–Kier alpha value is -1.44. The number of nitrogens with zero attached hydrogens (tertiary/aromatic N) is 1. The molecule has 0 saturated carbocycles. The summed E-state index contributed by atoms with van der Waals surface area (Å²) in [4.78, 5) is 13.5. The van der Waals surface area contributed by atoms with Crippen LogP contribution in [0.2, 0.25) is 0 Å². The molecule has 1 amide bonds. The van der Waals surface area contributed by atoms with E-state index < -0.39 is 15.6 Å². The van der Waals surface area contributed by atoms with E-state index in [-0.39, 0.29) is 18.3 Å². The molecule has 6 nitrogen and oxygen atoms in total. The quantitative estimate of drug-likeness (QED) is 0.824. The van der Waals surface area contributed by atoms with Crippen molar-refractivity contribution in [3.05, 3.63) is 35.4 Å². The van der Waals surface area contributed by atoms with Gasteiger partial charge in [0.25, 0.3) is 0 Å². The second-order valence-electron chi connectivity index (χ2n) is 5.00. The fourth-order valence-corrected chi connectivity index (χ4v) is 3.56. The van der Waals surface area contributed by atoms with Crippen LogP contribution in [-0.4, -0.2) is 56.4 Å². The lowest BCUT2D eigenvalue weighted by molar-refractivity contribution is -0.132. The Bertz CT molecular complexity index is 593. The second-order valence-corrected chi connectivity index (χ2v) is 7.07. The summed E-state index contributed by atoms with van der Waals surface area (Å²) in [5, 5.41) is 9.05. The summed E-state index contributed by atoms with van der Waals surface area (Å²) in [6.07, 6.45) is 0. The van der Waals surface area contributed by atoms with Gasteiger partial charge in [-0.2, -0.15) is 0 Å². The van der Waals surface area contributed by atoms with Crippen LogP contribution >= 0.6 is 0 Å². The fourth-order valence-electron chi connectivity index (χ4n) is 2.21. The van der Waals surface area contributed by atoms with Crippen LogP contribution in [0.3, 0.4) is 0 Å². The van der Waals surface area contributed by atoms with Gasteiger partial charge in [-0.25, -0.2) is 8.42 Å². The van der Waals surface area contributed by atoms with E-state index in [9.17, 15) is 13.2 Å². The predicted molar refractivity (Wildman–Crippen MR) is 77.3 cm³/mol. The highest BCUT2D eigenvalue weighted by Gasteiger charge is 2.23. The normalized spacial score (nSPS) is 16.0. The van der Waals surface area contributed by atoms with Gasteiger partial charge in [0.05, 0.1) is 25.6 Å². The van der Waals surface area contributed by atoms with E-state index in [4.69, 9.17) is 9.84 Å². The molecule has 21 heavy (non-hydrogen) atoms. The predicted octanol–water partition coefficient (Wildman–Crippen LogP) is -0.0475. The van der Waals surface area contributed by atoms with Crippen LogP contribution in [0.1, 0.15) is 11.1 Å². The summed E-state index contributed by atoms with van der Waals surface area (Å²) >= 11 is 0. The van der Waals surface area contributed by atoms with Crippen LogP contribution in [-0.2, 0) is 31.7 Å². The molecule has 1 N–H and O–H groups in total. The molecule has 1 aromatic rings. The maximum Gasteiger partial charge on any atom is 0.237 e. The molecule has 0 atom stereocenters. The van der Waals surface area contributed by atoms with Gasteiger partial charge in [-0.1, -0.05) is 24.3 Å². The van der Waals surface area contributed by atoms with Crippen LogP contribution in [0.15, 0.2) is 24.3 Å². The summed E-state index contributed by atoms with van der Waals surface area (Å²) in [7, 11) is -3.52. The molecule has 1 aromatic carbocycles. The van der Waals surface area contributed by atoms with Gasteiger partial charge in [0.15, 0.2) is 9.84 Å². The Labute approximate surface area is 124 Å². The average molecular weight is 313 g/mol. The Morgan fingerprint density at radius 1 is 1.24 bits per heavy atom. The first-order chi connectivity index (χ1) is 10.00. The summed E-state index contributed by atoms with van der Waals surface area (Å²) in [5.41, 5.74) is 1.23. The molecule has 0 radical (unpaired) electrons. The number of benzene rings is 1. The summed E-state index contributed by atoms with van der Waals surface area (Å²) in [5.74, 6) is -1.07. The van der Waals surface area contributed by atoms with Crippen molar-refractivity contribution < 1.29 is 23.1 Å². The van der Waals surface area contributed by atoms with Crippen LogP contribution in [0.25, 0.3) is 0 Å². The molecule has 7 heteroatoms. The highest BCUT2D eigenvalue weighted by Crippen LogP contribution is 2.11. The molecule has 1 fully saturated rings. The first kappa shape index (κ1) is 15.9. The van der Waals surface area contributed by atoms with Crippen molar-refractivity contribution >= 4 is 15.7 Å². The van der Waals surface area contributed by atoms with Crippen molar-refractivity contribution in [2.75, 3.05) is 32.1 Å². The number of carbonyl (C=O) groups excluding carboxylic acids is 1. The number of morpholine rings is 1. The standard InChI is InChI=1S/C14H19NO5S/c16-9-12-2-1-3-13(8-12)10-21(18,19)11-14(17)15-4-6-20-7-5-15/h1-3,8,16H,4-7,9-11H2. The zero-order valence-electron chi connectivity index (χ0n) is 11.7. The number of amides is 1. The monoisotopic (exact) mass is 313 g/mol. The highest BCUT2D eigenvalue weighted by molar-refractivity contribution is 7.91. The van der Waals surface area contributed by atoms with E-state index >= 15 is 0 Å². The van der Waals surface area contributed by atoms with Gasteiger partial charge >= 0.3 is 0 Å². The van der Waals surface area contributed by atoms with E-state index in [1.807, 2.05) is 0 Å². The first-order valence-electron chi connectivity index (χ1n) is 6.75. The van der Waals surface area contributed by atoms with E-state index in [1.165, 1.54) is 4.90 Å². The van der Waals surface area contributed by atoms with Crippen molar-refractivity contribution in [3.63, 3.8) is 0 Å². The highest BCUT2D eigenvalue weighted by atomic mass is 32.2. The van der Waals surface area contributed by atoms with Crippen molar-refractivity contribution in [2.45, 2.75) is 12.4 Å². The number of hydrogen-bond donors (Lipinski definition) is 1.